The number of hydrogen-bond acceptors (Lipinski definition) is 2. The molecule has 5 nitrogen and oxygen atoms in total. The molecule has 140 valence electrons. The number of para-hydroxylation sites is 1. The third-order valence-corrected chi connectivity index (χ3v) is 4.76. The van der Waals surface area contributed by atoms with E-state index in [1.165, 1.54) is 16.8 Å². The van der Waals surface area contributed by atoms with E-state index >= 15 is 0 Å². The Morgan fingerprint density at radius 2 is 1.89 bits per heavy atom. The lowest BCUT2D eigenvalue weighted by Gasteiger charge is -2.22. The zero-order valence-corrected chi connectivity index (χ0v) is 17.7. The maximum Gasteiger partial charge on any atom is 0.198 e. The largest absolute Gasteiger partial charge is 0.349 e. The summed E-state index contributed by atoms with van der Waals surface area (Å²) in [6.07, 6.45) is 4.94. The molecule has 0 radical (unpaired) electrons. The summed E-state index contributed by atoms with van der Waals surface area (Å²) in [6.45, 7) is 2.42. The topological polar surface area (TPSA) is 45.5 Å². The highest BCUT2D eigenvalue weighted by Crippen LogP contribution is 2.27. The van der Waals surface area contributed by atoms with Crippen LogP contribution in [0.2, 0.25) is 0 Å². The lowest BCUT2D eigenvalue weighted by molar-refractivity contribution is 0.695. The fourth-order valence-corrected chi connectivity index (χ4v) is 3.44. The first kappa shape index (κ1) is 19.4. The maximum absolute atomic E-state index is 4.52. The number of imidazole rings is 1. The second-order valence-corrected chi connectivity index (χ2v) is 6.39. The van der Waals surface area contributed by atoms with Gasteiger partial charge in [0.1, 0.15) is 5.82 Å². The van der Waals surface area contributed by atoms with Crippen LogP contribution in [-0.2, 0) is 19.5 Å². The van der Waals surface area contributed by atoms with Crippen molar-refractivity contribution in [3.63, 3.8) is 0 Å². The van der Waals surface area contributed by atoms with Crippen molar-refractivity contribution >= 4 is 35.6 Å². The first-order chi connectivity index (χ1) is 12.8. The lowest BCUT2D eigenvalue weighted by atomic mass is 10.2. The second kappa shape index (κ2) is 9.03. The van der Waals surface area contributed by atoms with Gasteiger partial charge in [0.2, 0.25) is 0 Å². The smallest absolute Gasteiger partial charge is 0.198 e. The molecule has 0 saturated heterocycles. The minimum Gasteiger partial charge on any atom is -0.349 e. The van der Waals surface area contributed by atoms with Crippen molar-refractivity contribution in [1.29, 1.82) is 0 Å². The summed E-state index contributed by atoms with van der Waals surface area (Å²) >= 11 is 0. The number of fused-ring (bicyclic) bond motifs is 1. The van der Waals surface area contributed by atoms with Gasteiger partial charge in [0, 0.05) is 38.2 Å². The number of halogens is 1. The normalized spacial score (nSPS) is 13.2. The minimum absolute atomic E-state index is 0. The van der Waals surface area contributed by atoms with Gasteiger partial charge in [0.05, 0.1) is 6.54 Å². The molecule has 6 heteroatoms. The van der Waals surface area contributed by atoms with Gasteiger partial charge in [0.15, 0.2) is 5.96 Å². The molecule has 1 aliphatic heterocycles. The molecule has 0 fully saturated rings. The first-order valence-electron chi connectivity index (χ1n) is 8.95. The monoisotopic (exact) mass is 473 g/mol. The fourth-order valence-electron chi connectivity index (χ4n) is 3.44. The van der Waals surface area contributed by atoms with Gasteiger partial charge in [-0.1, -0.05) is 48.5 Å². The van der Waals surface area contributed by atoms with Crippen molar-refractivity contribution in [3.8, 4) is 0 Å². The summed E-state index contributed by atoms with van der Waals surface area (Å²) in [5, 5.41) is 3.47. The zero-order valence-electron chi connectivity index (χ0n) is 15.4. The molecule has 0 atom stereocenters. The number of guanidine groups is 1. The summed E-state index contributed by atoms with van der Waals surface area (Å²) < 4.78 is 2.17. The maximum atomic E-state index is 4.52. The van der Waals surface area contributed by atoms with Crippen LogP contribution < -0.4 is 10.2 Å². The van der Waals surface area contributed by atoms with Gasteiger partial charge in [-0.25, -0.2) is 4.98 Å². The number of anilines is 1. The van der Waals surface area contributed by atoms with Crippen LogP contribution in [0.25, 0.3) is 0 Å². The molecule has 0 aliphatic carbocycles. The third kappa shape index (κ3) is 4.32. The molecule has 0 unspecified atom stereocenters. The number of nitrogens with zero attached hydrogens (tertiary/aromatic N) is 4. The predicted molar refractivity (Wildman–Crippen MR) is 121 cm³/mol. The van der Waals surface area contributed by atoms with Gasteiger partial charge in [-0.2, -0.15) is 0 Å². The van der Waals surface area contributed by atoms with Gasteiger partial charge >= 0.3 is 0 Å². The highest BCUT2D eigenvalue weighted by Gasteiger charge is 2.22. The highest BCUT2D eigenvalue weighted by molar-refractivity contribution is 14.0. The standard InChI is InChI=1S/C21H23N5.HI/c1-22-21(26-13-11-18-9-5-6-10-19(18)26)24-15-20-23-12-14-25(20)16-17-7-3-2-4-8-17;/h2-10,12,14H,11,13,15-16H2,1H3,(H,22,24);1H. The molecular formula is C21H24IN5. The van der Waals surface area contributed by atoms with E-state index in [1.807, 2.05) is 25.5 Å². The Morgan fingerprint density at radius 1 is 1.11 bits per heavy atom. The molecule has 27 heavy (non-hydrogen) atoms. The van der Waals surface area contributed by atoms with Crippen molar-refractivity contribution in [2.24, 2.45) is 4.99 Å². The number of rotatable bonds is 4. The summed E-state index contributed by atoms with van der Waals surface area (Å²) in [5.41, 5.74) is 3.89. The summed E-state index contributed by atoms with van der Waals surface area (Å²) in [7, 11) is 1.83. The Balaban J connectivity index is 0.00000210. The average Bonchev–Trinajstić information content (AvgIpc) is 3.31. The van der Waals surface area contributed by atoms with Crippen LogP contribution in [0, 0.1) is 0 Å². The van der Waals surface area contributed by atoms with Crippen molar-refractivity contribution in [3.05, 3.63) is 83.9 Å². The van der Waals surface area contributed by atoms with Crippen LogP contribution in [-0.4, -0.2) is 29.1 Å². The van der Waals surface area contributed by atoms with E-state index in [9.17, 15) is 0 Å². The van der Waals surface area contributed by atoms with Crippen LogP contribution in [0.4, 0.5) is 5.69 Å². The van der Waals surface area contributed by atoms with E-state index < -0.39 is 0 Å². The van der Waals surface area contributed by atoms with Crippen LogP contribution in [0.1, 0.15) is 17.0 Å². The molecule has 1 aliphatic rings. The molecular weight excluding hydrogens is 449 g/mol. The van der Waals surface area contributed by atoms with Crippen LogP contribution in [0.5, 0.6) is 0 Å². The van der Waals surface area contributed by atoms with E-state index in [0.29, 0.717) is 6.54 Å². The quantitative estimate of drug-likeness (QED) is 0.357. The third-order valence-electron chi connectivity index (χ3n) is 4.76. The van der Waals surface area contributed by atoms with Gasteiger partial charge in [-0.15, -0.1) is 24.0 Å². The number of aromatic nitrogens is 2. The Bertz CT molecular complexity index is 904. The Kier molecular flexibility index (Phi) is 6.49. The first-order valence-corrected chi connectivity index (χ1v) is 8.95. The molecule has 2 heterocycles. The SMILES string of the molecule is CN=C(NCc1nccn1Cc1ccccc1)N1CCc2ccccc21.I. The summed E-state index contributed by atoms with van der Waals surface area (Å²) in [4.78, 5) is 11.2. The Labute approximate surface area is 177 Å². The molecule has 3 aromatic rings. The van der Waals surface area contributed by atoms with Gasteiger partial charge < -0.3 is 14.8 Å². The van der Waals surface area contributed by atoms with E-state index in [2.05, 4.69) is 73.3 Å². The van der Waals surface area contributed by atoms with E-state index in [1.54, 1.807) is 0 Å². The van der Waals surface area contributed by atoms with Gasteiger partial charge in [-0.3, -0.25) is 4.99 Å². The van der Waals surface area contributed by atoms with E-state index in [-0.39, 0.29) is 24.0 Å². The van der Waals surface area contributed by atoms with E-state index in [4.69, 9.17) is 0 Å². The number of hydrogen-bond donors (Lipinski definition) is 1. The predicted octanol–water partition coefficient (Wildman–Crippen LogP) is 3.69. The zero-order chi connectivity index (χ0) is 17.8. The van der Waals surface area contributed by atoms with Gasteiger partial charge in [-0.05, 0) is 23.6 Å². The average molecular weight is 473 g/mol. The van der Waals surface area contributed by atoms with Crippen molar-refractivity contribution in [2.45, 2.75) is 19.5 Å². The molecule has 1 N–H and O–H groups in total. The molecule has 1 aromatic heterocycles. The van der Waals surface area contributed by atoms with E-state index in [0.717, 1.165) is 31.3 Å². The minimum atomic E-state index is 0. The molecule has 2 aromatic carbocycles. The van der Waals surface area contributed by atoms with Crippen molar-refractivity contribution in [1.82, 2.24) is 14.9 Å². The van der Waals surface area contributed by atoms with Crippen molar-refractivity contribution < 1.29 is 0 Å². The summed E-state index contributed by atoms with van der Waals surface area (Å²) in [6, 6.07) is 19.0. The second-order valence-electron chi connectivity index (χ2n) is 6.39. The van der Waals surface area contributed by atoms with Gasteiger partial charge in [0.25, 0.3) is 0 Å². The molecule has 0 amide bonds. The molecule has 0 saturated carbocycles. The highest BCUT2D eigenvalue weighted by atomic mass is 127. The molecule has 0 bridgehead atoms. The number of benzene rings is 2. The molecule has 0 spiro atoms. The van der Waals surface area contributed by atoms with Crippen molar-refractivity contribution in [2.75, 3.05) is 18.5 Å². The van der Waals surface area contributed by atoms with Crippen LogP contribution >= 0.6 is 24.0 Å². The van der Waals surface area contributed by atoms with Crippen LogP contribution in [0.3, 0.4) is 0 Å². The summed E-state index contributed by atoms with van der Waals surface area (Å²) in [5.74, 6) is 1.90. The molecule has 4 rings (SSSR count). The fraction of sp³-hybridized carbons (Fsp3) is 0.238. The number of aliphatic imine (C=N–C) groups is 1. The number of nitrogens with one attached hydrogen (secondary N) is 1. The Morgan fingerprint density at radius 3 is 2.70 bits per heavy atom. The Hall–Kier alpha value is -2.35. The lowest BCUT2D eigenvalue weighted by Crippen LogP contribution is -2.40. The van der Waals surface area contributed by atoms with Crippen LogP contribution in [0.15, 0.2) is 72.0 Å².